The summed E-state index contributed by atoms with van der Waals surface area (Å²) in [5.74, 6) is 1.00. The molecule has 0 bridgehead atoms. The summed E-state index contributed by atoms with van der Waals surface area (Å²) in [4.78, 5) is 4.40. The van der Waals surface area contributed by atoms with E-state index in [1.165, 1.54) is 0 Å². The molecular weight excluding hydrogens is 306 g/mol. The Bertz CT molecular complexity index is 571. The quantitative estimate of drug-likeness (QED) is 0.607. The van der Waals surface area contributed by atoms with E-state index in [-0.39, 0.29) is 0 Å². The van der Waals surface area contributed by atoms with Gasteiger partial charge < -0.3 is 15.0 Å². The molecule has 0 aliphatic heterocycles. The minimum Gasteiger partial charge on any atom is -0.382 e. The first-order chi connectivity index (χ1) is 10.1. The van der Waals surface area contributed by atoms with E-state index in [1.54, 1.807) is 30.1 Å². The maximum absolute atomic E-state index is 10.5. The number of hydrogen-bond acceptors (Lipinski definition) is 4. The lowest BCUT2D eigenvalue weighted by molar-refractivity contribution is 0.210. The van der Waals surface area contributed by atoms with Crippen molar-refractivity contribution in [3.63, 3.8) is 0 Å². The summed E-state index contributed by atoms with van der Waals surface area (Å²) >= 11 is 7.58. The molecule has 1 unspecified atom stereocenters. The van der Waals surface area contributed by atoms with Crippen LogP contribution in [0.25, 0.3) is 0 Å². The lowest BCUT2D eigenvalue weighted by Gasteiger charge is -2.12. The number of rotatable bonds is 7. The number of halogens is 1. The summed E-state index contributed by atoms with van der Waals surface area (Å²) in [6.07, 6.45) is 2.13. The molecule has 0 spiro atoms. The maximum atomic E-state index is 10.5. The molecule has 4 nitrogen and oxygen atoms in total. The van der Waals surface area contributed by atoms with E-state index < -0.39 is 6.10 Å². The second-order valence-corrected chi connectivity index (χ2v) is 6.28. The molecular formula is C15H20ClN3OS. The van der Waals surface area contributed by atoms with Crippen molar-refractivity contribution in [2.75, 3.05) is 19.3 Å². The molecule has 6 heteroatoms. The van der Waals surface area contributed by atoms with Crippen molar-refractivity contribution in [1.82, 2.24) is 14.9 Å². The van der Waals surface area contributed by atoms with E-state index in [0.29, 0.717) is 5.02 Å². The highest BCUT2D eigenvalue weighted by molar-refractivity contribution is 7.99. The molecule has 2 N–H and O–H groups in total. The van der Waals surface area contributed by atoms with Crippen LogP contribution in [0.2, 0.25) is 5.02 Å². The molecule has 2 rings (SSSR count). The van der Waals surface area contributed by atoms with Crippen LogP contribution in [0, 0.1) is 0 Å². The van der Waals surface area contributed by atoms with Crippen molar-refractivity contribution in [2.45, 2.75) is 17.7 Å². The standard InChI is InChI=1S/C15H20ClN3OS/c1-17-8-3-9-21-15-18-10-13(19(15)2)14(20)11-4-6-12(16)7-5-11/h4-7,10,14,17,20H,3,8-9H2,1-2H3. The average molecular weight is 326 g/mol. The normalized spacial score (nSPS) is 12.6. The van der Waals surface area contributed by atoms with Crippen molar-refractivity contribution in [1.29, 1.82) is 0 Å². The highest BCUT2D eigenvalue weighted by atomic mass is 35.5. The Morgan fingerprint density at radius 3 is 2.76 bits per heavy atom. The first-order valence-corrected chi connectivity index (χ1v) is 8.22. The Morgan fingerprint density at radius 1 is 1.38 bits per heavy atom. The number of aromatic nitrogens is 2. The van der Waals surface area contributed by atoms with Gasteiger partial charge in [0.05, 0.1) is 11.9 Å². The van der Waals surface area contributed by atoms with Gasteiger partial charge in [-0.3, -0.25) is 0 Å². The smallest absolute Gasteiger partial charge is 0.167 e. The van der Waals surface area contributed by atoms with Gasteiger partial charge in [0.1, 0.15) is 6.10 Å². The topological polar surface area (TPSA) is 50.1 Å². The summed E-state index contributed by atoms with van der Waals surface area (Å²) in [6.45, 7) is 0.998. The third-order valence-electron chi connectivity index (χ3n) is 3.25. The van der Waals surface area contributed by atoms with Gasteiger partial charge in [0.25, 0.3) is 0 Å². The van der Waals surface area contributed by atoms with Crippen LogP contribution in [0.4, 0.5) is 0 Å². The van der Waals surface area contributed by atoms with Gasteiger partial charge in [-0.1, -0.05) is 35.5 Å². The first-order valence-electron chi connectivity index (χ1n) is 6.86. The van der Waals surface area contributed by atoms with E-state index in [0.717, 1.165) is 35.1 Å². The Morgan fingerprint density at radius 2 is 2.10 bits per heavy atom. The third-order valence-corrected chi connectivity index (χ3v) is 4.63. The van der Waals surface area contributed by atoms with Crippen molar-refractivity contribution >= 4 is 23.4 Å². The molecule has 0 fully saturated rings. The molecule has 0 aliphatic carbocycles. The largest absolute Gasteiger partial charge is 0.382 e. The monoisotopic (exact) mass is 325 g/mol. The first kappa shape index (κ1) is 16.4. The summed E-state index contributed by atoms with van der Waals surface area (Å²) in [5.41, 5.74) is 1.60. The Labute approximate surface area is 134 Å². The Kier molecular flexibility index (Phi) is 6.11. The molecule has 0 radical (unpaired) electrons. The van der Waals surface area contributed by atoms with Crippen LogP contribution in [0.3, 0.4) is 0 Å². The van der Waals surface area contributed by atoms with Crippen molar-refractivity contribution in [2.24, 2.45) is 7.05 Å². The number of imidazole rings is 1. The zero-order valence-electron chi connectivity index (χ0n) is 12.2. The minimum atomic E-state index is -0.688. The van der Waals surface area contributed by atoms with E-state index in [2.05, 4.69) is 10.3 Å². The third kappa shape index (κ3) is 4.23. The van der Waals surface area contributed by atoms with Gasteiger partial charge in [-0.15, -0.1) is 0 Å². The van der Waals surface area contributed by atoms with Gasteiger partial charge in [0, 0.05) is 17.8 Å². The van der Waals surface area contributed by atoms with E-state index in [9.17, 15) is 5.11 Å². The van der Waals surface area contributed by atoms with Crippen molar-refractivity contribution in [3.05, 3.63) is 46.7 Å². The van der Waals surface area contributed by atoms with Gasteiger partial charge in [-0.2, -0.15) is 0 Å². The van der Waals surface area contributed by atoms with Crippen LogP contribution in [0.15, 0.2) is 35.6 Å². The molecule has 0 aliphatic rings. The molecule has 21 heavy (non-hydrogen) atoms. The highest BCUT2D eigenvalue weighted by Gasteiger charge is 2.16. The molecule has 1 aromatic heterocycles. The van der Waals surface area contributed by atoms with Crippen LogP contribution < -0.4 is 5.32 Å². The highest BCUT2D eigenvalue weighted by Crippen LogP contribution is 2.26. The Balaban J connectivity index is 2.06. The number of aliphatic hydroxyl groups excluding tert-OH is 1. The van der Waals surface area contributed by atoms with Crippen LogP contribution in [0.5, 0.6) is 0 Å². The minimum absolute atomic E-state index is 0.664. The van der Waals surface area contributed by atoms with Crippen LogP contribution >= 0.6 is 23.4 Å². The molecule has 0 amide bonds. The average Bonchev–Trinajstić information content (AvgIpc) is 2.85. The van der Waals surface area contributed by atoms with Gasteiger partial charge >= 0.3 is 0 Å². The van der Waals surface area contributed by atoms with E-state index >= 15 is 0 Å². The molecule has 0 saturated carbocycles. The van der Waals surface area contributed by atoms with Crippen LogP contribution in [-0.2, 0) is 7.05 Å². The molecule has 1 heterocycles. The van der Waals surface area contributed by atoms with Crippen molar-refractivity contribution in [3.8, 4) is 0 Å². The number of benzene rings is 1. The second kappa shape index (κ2) is 7.84. The maximum Gasteiger partial charge on any atom is 0.167 e. The van der Waals surface area contributed by atoms with E-state index in [4.69, 9.17) is 11.6 Å². The summed E-state index contributed by atoms with van der Waals surface area (Å²) < 4.78 is 1.95. The van der Waals surface area contributed by atoms with Gasteiger partial charge in [-0.05, 0) is 37.7 Å². The van der Waals surface area contributed by atoms with Gasteiger partial charge in [0.15, 0.2) is 5.16 Å². The molecule has 0 saturated heterocycles. The summed E-state index contributed by atoms with van der Waals surface area (Å²) in [5, 5.41) is 15.2. The predicted molar refractivity (Wildman–Crippen MR) is 88.0 cm³/mol. The zero-order valence-corrected chi connectivity index (χ0v) is 13.8. The predicted octanol–water partition coefficient (Wildman–Crippen LogP) is 2.86. The fraction of sp³-hybridized carbons (Fsp3) is 0.400. The lowest BCUT2D eigenvalue weighted by atomic mass is 10.1. The number of nitrogens with one attached hydrogen (secondary N) is 1. The van der Waals surface area contributed by atoms with Gasteiger partial charge in [-0.25, -0.2) is 4.98 Å². The fourth-order valence-corrected chi connectivity index (χ4v) is 3.04. The zero-order chi connectivity index (χ0) is 15.2. The van der Waals surface area contributed by atoms with Crippen LogP contribution in [-0.4, -0.2) is 34.0 Å². The number of nitrogens with zero attached hydrogens (tertiary/aromatic N) is 2. The van der Waals surface area contributed by atoms with E-state index in [1.807, 2.05) is 30.8 Å². The second-order valence-electron chi connectivity index (χ2n) is 4.78. The number of hydrogen-bond donors (Lipinski definition) is 2. The van der Waals surface area contributed by atoms with Gasteiger partial charge in [0.2, 0.25) is 0 Å². The van der Waals surface area contributed by atoms with Crippen LogP contribution in [0.1, 0.15) is 23.8 Å². The summed E-state index contributed by atoms with van der Waals surface area (Å²) in [6, 6.07) is 7.23. The fourth-order valence-electron chi connectivity index (χ4n) is 2.02. The van der Waals surface area contributed by atoms with Crippen molar-refractivity contribution < 1.29 is 5.11 Å². The molecule has 2 aromatic rings. The molecule has 1 atom stereocenters. The number of thioether (sulfide) groups is 1. The number of aliphatic hydroxyl groups is 1. The molecule has 1 aromatic carbocycles. The lowest BCUT2D eigenvalue weighted by Crippen LogP contribution is -2.09. The SMILES string of the molecule is CNCCCSc1ncc(C(O)c2ccc(Cl)cc2)n1C. The molecule has 114 valence electrons. The summed E-state index contributed by atoms with van der Waals surface area (Å²) in [7, 11) is 3.88. The Hall–Kier alpha value is -1.01.